The van der Waals surface area contributed by atoms with Crippen molar-refractivity contribution in [2.45, 2.75) is 26.7 Å². The number of carbonyl (C=O) groups excluding carboxylic acids is 2. The van der Waals surface area contributed by atoms with Gasteiger partial charge < -0.3 is 20.4 Å². The molecule has 0 fully saturated rings. The maximum atomic E-state index is 13.4. The van der Waals surface area contributed by atoms with Crippen molar-refractivity contribution in [3.63, 3.8) is 0 Å². The molecule has 2 heterocycles. The summed E-state index contributed by atoms with van der Waals surface area (Å²) in [6.07, 6.45) is 1.50. The highest BCUT2D eigenvalue weighted by atomic mass is 35.5. The first kappa shape index (κ1) is 26.1. The van der Waals surface area contributed by atoms with Crippen molar-refractivity contribution in [2.24, 2.45) is 0 Å². The molecule has 188 valence electrons. The summed E-state index contributed by atoms with van der Waals surface area (Å²) in [6.45, 7) is 5.69. The van der Waals surface area contributed by atoms with Gasteiger partial charge in [-0.3, -0.25) is 9.59 Å². The molecule has 1 aromatic heterocycles. The molecule has 3 N–H and O–H groups in total. The predicted molar refractivity (Wildman–Crippen MR) is 147 cm³/mol. The molecule has 0 aliphatic carbocycles. The van der Waals surface area contributed by atoms with Gasteiger partial charge in [0.15, 0.2) is 0 Å². The van der Waals surface area contributed by atoms with E-state index in [1.54, 1.807) is 43.3 Å². The van der Waals surface area contributed by atoms with E-state index in [4.69, 9.17) is 16.0 Å². The van der Waals surface area contributed by atoms with E-state index in [-0.39, 0.29) is 17.6 Å². The Morgan fingerprint density at radius 1 is 1.11 bits per heavy atom. The molecule has 7 nitrogen and oxygen atoms in total. The lowest BCUT2D eigenvalue weighted by atomic mass is 9.85. The Morgan fingerprint density at radius 2 is 1.86 bits per heavy atom. The number of benzene rings is 2. The Morgan fingerprint density at radius 3 is 2.51 bits per heavy atom. The first-order chi connectivity index (χ1) is 17.8. The second-order valence-corrected chi connectivity index (χ2v) is 10.0. The minimum Gasteiger partial charge on any atom is -0.468 e. The van der Waals surface area contributed by atoms with Gasteiger partial charge in [-0.05, 0) is 68.8 Å². The lowest BCUT2D eigenvalue weighted by molar-refractivity contribution is -0.114. The van der Waals surface area contributed by atoms with Gasteiger partial charge in [0.25, 0.3) is 5.91 Å². The van der Waals surface area contributed by atoms with Crippen LogP contribution in [-0.4, -0.2) is 17.6 Å². The molecule has 0 radical (unpaired) electrons. The third kappa shape index (κ3) is 6.08. The Labute approximate surface area is 224 Å². The molecule has 0 saturated carbocycles. The number of hydrogen-bond donors (Lipinski definition) is 3. The van der Waals surface area contributed by atoms with Crippen LogP contribution in [0, 0.1) is 25.2 Å². The van der Waals surface area contributed by atoms with Gasteiger partial charge in [-0.15, -0.1) is 0 Å². The van der Waals surface area contributed by atoms with E-state index in [0.717, 1.165) is 16.8 Å². The fraction of sp³-hybridized carbons (Fsp3) is 0.179. The minimum atomic E-state index is -0.738. The van der Waals surface area contributed by atoms with Gasteiger partial charge in [-0.25, -0.2) is 0 Å². The Hall–Kier alpha value is -3.93. The van der Waals surface area contributed by atoms with E-state index < -0.39 is 5.92 Å². The maximum absolute atomic E-state index is 13.4. The molecule has 0 saturated heterocycles. The fourth-order valence-corrected chi connectivity index (χ4v) is 5.09. The van der Waals surface area contributed by atoms with Gasteiger partial charge in [0.1, 0.15) is 5.76 Å². The number of hydrogen-bond acceptors (Lipinski definition) is 6. The average Bonchev–Trinajstić information content (AvgIpc) is 3.40. The van der Waals surface area contributed by atoms with Gasteiger partial charge in [-0.2, -0.15) is 5.26 Å². The number of anilines is 2. The standard InChI is InChI=1S/C28H25ClN4O3S/c1-16-6-11-22(17(2)13-16)33-24(34)15-37-28-21(14-30)26(23-5-4-12-36-23)25(18(3)31-28)27(35)32-20-9-7-19(29)8-10-20/h4-13,26,31H,15H2,1-3H3,(H,32,35)(H,33,34). The molecular weight excluding hydrogens is 508 g/mol. The molecule has 0 spiro atoms. The first-order valence-corrected chi connectivity index (χ1v) is 12.9. The Kier molecular flexibility index (Phi) is 8.07. The number of allylic oxidation sites excluding steroid dienone is 2. The van der Waals surface area contributed by atoms with Gasteiger partial charge >= 0.3 is 0 Å². The number of furan rings is 1. The number of nitrogens with one attached hydrogen (secondary N) is 3. The van der Waals surface area contributed by atoms with E-state index in [1.807, 2.05) is 32.0 Å². The van der Waals surface area contributed by atoms with E-state index in [9.17, 15) is 14.9 Å². The molecule has 3 aromatic rings. The van der Waals surface area contributed by atoms with Crippen LogP contribution in [0.1, 0.15) is 29.7 Å². The van der Waals surface area contributed by atoms with Crippen LogP contribution in [0.3, 0.4) is 0 Å². The quantitative estimate of drug-likeness (QED) is 0.331. The molecule has 2 amide bonds. The molecular formula is C28H25ClN4O3S. The van der Waals surface area contributed by atoms with E-state index in [1.165, 1.54) is 18.0 Å². The SMILES string of the molecule is CC1=C(C(=O)Nc2ccc(Cl)cc2)C(c2ccco2)C(C#N)=C(SCC(=O)Nc2ccc(C)cc2C)N1. The summed E-state index contributed by atoms with van der Waals surface area (Å²) < 4.78 is 5.64. The summed E-state index contributed by atoms with van der Waals surface area (Å²) in [4.78, 5) is 26.1. The average molecular weight is 533 g/mol. The summed E-state index contributed by atoms with van der Waals surface area (Å²) in [5.41, 5.74) is 4.61. The number of amides is 2. The number of halogens is 1. The summed E-state index contributed by atoms with van der Waals surface area (Å²) in [5, 5.41) is 20.1. The van der Waals surface area contributed by atoms with Crippen molar-refractivity contribution >= 4 is 46.6 Å². The van der Waals surface area contributed by atoms with Gasteiger partial charge in [-0.1, -0.05) is 41.1 Å². The van der Waals surface area contributed by atoms with Crippen molar-refractivity contribution in [1.82, 2.24) is 5.32 Å². The molecule has 1 aliphatic heterocycles. The molecule has 4 rings (SSSR count). The van der Waals surface area contributed by atoms with Crippen molar-refractivity contribution < 1.29 is 14.0 Å². The number of carbonyl (C=O) groups is 2. The van der Waals surface area contributed by atoms with E-state index >= 15 is 0 Å². The third-order valence-electron chi connectivity index (χ3n) is 5.83. The van der Waals surface area contributed by atoms with Crippen molar-refractivity contribution in [1.29, 1.82) is 5.26 Å². The van der Waals surface area contributed by atoms with Crippen LogP contribution < -0.4 is 16.0 Å². The van der Waals surface area contributed by atoms with Gasteiger partial charge in [0.05, 0.1) is 40.2 Å². The highest BCUT2D eigenvalue weighted by Crippen LogP contribution is 2.41. The van der Waals surface area contributed by atoms with Crippen LogP contribution in [0.15, 0.2) is 87.1 Å². The highest BCUT2D eigenvalue weighted by molar-refractivity contribution is 8.03. The van der Waals surface area contributed by atoms with Crippen LogP contribution >= 0.6 is 23.4 Å². The third-order valence-corrected chi connectivity index (χ3v) is 7.09. The second-order valence-electron chi connectivity index (χ2n) is 8.58. The van der Waals surface area contributed by atoms with Crippen molar-refractivity contribution in [3.05, 3.63) is 105 Å². The largest absolute Gasteiger partial charge is 0.468 e. The number of thioether (sulfide) groups is 1. The van der Waals surface area contributed by atoms with E-state index in [0.29, 0.717) is 38.3 Å². The zero-order valence-corrected chi connectivity index (χ0v) is 22.1. The van der Waals surface area contributed by atoms with Crippen LogP contribution in [0.2, 0.25) is 5.02 Å². The second kappa shape index (κ2) is 11.4. The van der Waals surface area contributed by atoms with Gasteiger partial charge in [0.2, 0.25) is 5.91 Å². The Bertz CT molecular complexity index is 1440. The highest BCUT2D eigenvalue weighted by Gasteiger charge is 2.36. The minimum absolute atomic E-state index is 0.0747. The van der Waals surface area contributed by atoms with Gasteiger partial charge in [0, 0.05) is 22.1 Å². The molecule has 2 aromatic carbocycles. The summed E-state index contributed by atoms with van der Waals surface area (Å²) in [7, 11) is 0. The molecule has 9 heteroatoms. The number of dihydropyridines is 1. The topological polar surface area (TPSA) is 107 Å². The molecule has 1 aliphatic rings. The lowest BCUT2D eigenvalue weighted by Crippen LogP contribution is -2.31. The lowest BCUT2D eigenvalue weighted by Gasteiger charge is -2.28. The number of rotatable bonds is 7. The normalized spacial score (nSPS) is 15.2. The number of nitriles is 1. The van der Waals surface area contributed by atoms with Crippen LogP contribution in [0.25, 0.3) is 0 Å². The Balaban J connectivity index is 1.57. The van der Waals surface area contributed by atoms with Crippen LogP contribution in [-0.2, 0) is 9.59 Å². The maximum Gasteiger partial charge on any atom is 0.254 e. The van der Waals surface area contributed by atoms with Crippen LogP contribution in [0.5, 0.6) is 0 Å². The number of nitrogens with zero attached hydrogens (tertiary/aromatic N) is 1. The summed E-state index contributed by atoms with van der Waals surface area (Å²) in [6, 6.07) is 18.2. The summed E-state index contributed by atoms with van der Waals surface area (Å²) in [5.74, 6) is -0.787. The van der Waals surface area contributed by atoms with Crippen molar-refractivity contribution in [2.75, 3.05) is 16.4 Å². The number of aryl methyl sites for hydroxylation is 2. The van der Waals surface area contributed by atoms with E-state index in [2.05, 4.69) is 22.0 Å². The zero-order chi connectivity index (χ0) is 26.5. The smallest absolute Gasteiger partial charge is 0.254 e. The zero-order valence-electron chi connectivity index (χ0n) is 20.5. The first-order valence-electron chi connectivity index (χ1n) is 11.5. The molecule has 0 bridgehead atoms. The predicted octanol–water partition coefficient (Wildman–Crippen LogP) is 6.26. The van der Waals surface area contributed by atoms with Crippen LogP contribution in [0.4, 0.5) is 11.4 Å². The van der Waals surface area contributed by atoms with Crippen molar-refractivity contribution in [3.8, 4) is 6.07 Å². The fourth-order valence-electron chi connectivity index (χ4n) is 4.08. The summed E-state index contributed by atoms with van der Waals surface area (Å²) >= 11 is 7.16. The molecule has 1 unspecified atom stereocenters. The monoisotopic (exact) mass is 532 g/mol. The molecule has 1 atom stereocenters. The molecule has 37 heavy (non-hydrogen) atoms.